The minimum Gasteiger partial charge on any atom is -0.507 e. The average Bonchev–Trinajstić information content (AvgIpc) is 2.89. The highest BCUT2D eigenvalue weighted by Crippen LogP contribution is 2.26. The number of phenols is 1. The van der Waals surface area contributed by atoms with Crippen molar-refractivity contribution < 1.29 is 9.50 Å². The van der Waals surface area contributed by atoms with Gasteiger partial charge in [0.05, 0.1) is 0 Å². The maximum absolute atomic E-state index is 13.5. The summed E-state index contributed by atoms with van der Waals surface area (Å²) in [5.74, 6) is 0.124. The maximum Gasteiger partial charge on any atom is 0.126 e. The van der Waals surface area contributed by atoms with Gasteiger partial charge in [0.2, 0.25) is 0 Å². The third-order valence-corrected chi connectivity index (χ3v) is 3.65. The van der Waals surface area contributed by atoms with E-state index in [4.69, 9.17) is 0 Å². The van der Waals surface area contributed by atoms with Gasteiger partial charge in [0.1, 0.15) is 11.6 Å². The molecular formula is C17H16FNO. The van der Waals surface area contributed by atoms with Gasteiger partial charge in [-0.15, -0.1) is 0 Å². The standard InChI is InChI=1S/C17H16FNO/c1-11-2-3-12(8-15(11)18)4-5-13-9-16-14(6-7-19-16)17(20)10-13/h2-3,6-10,19-20H,4-5H2,1H3. The van der Waals surface area contributed by atoms with Crippen molar-refractivity contribution in [2.24, 2.45) is 0 Å². The first-order chi connectivity index (χ1) is 9.63. The molecule has 2 N–H and O–H groups in total. The summed E-state index contributed by atoms with van der Waals surface area (Å²) in [7, 11) is 0. The topological polar surface area (TPSA) is 36.0 Å². The van der Waals surface area contributed by atoms with Crippen LogP contribution < -0.4 is 0 Å². The summed E-state index contributed by atoms with van der Waals surface area (Å²) < 4.78 is 13.5. The molecule has 3 aromatic rings. The zero-order valence-electron chi connectivity index (χ0n) is 11.3. The van der Waals surface area contributed by atoms with Crippen molar-refractivity contribution in [2.45, 2.75) is 19.8 Å². The Labute approximate surface area is 116 Å². The summed E-state index contributed by atoms with van der Waals surface area (Å²) in [5.41, 5.74) is 3.60. The predicted molar refractivity (Wildman–Crippen MR) is 78.5 cm³/mol. The lowest BCUT2D eigenvalue weighted by atomic mass is 10.0. The Balaban J connectivity index is 1.80. The SMILES string of the molecule is Cc1ccc(CCc2cc(O)c3cc[nH]c3c2)cc1F. The number of benzene rings is 2. The van der Waals surface area contributed by atoms with Gasteiger partial charge in [-0.3, -0.25) is 0 Å². The molecule has 102 valence electrons. The molecule has 0 radical (unpaired) electrons. The summed E-state index contributed by atoms with van der Waals surface area (Å²) in [5, 5.41) is 10.8. The number of aromatic nitrogens is 1. The van der Waals surface area contributed by atoms with Crippen molar-refractivity contribution >= 4 is 10.9 Å². The van der Waals surface area contributed by atoms with E-state index in [-0.39, 0.29) is 11.6 Å². The van der Waals surface area contributed by atoms with Crippen molar-refractivity contribution in [1.82, 2.24) is 4.98 Å². The highest BCUT2D eigenvalue weighted by molar-refractivity contribution is 5.86. The number of aryl methyl sites for hydroxylation is 3. The fraction of sp³-hybridized carbons (Fsp3) is 0.176. The number of phenolic OH excluding ortho intramolecular Hbond substituents is 1. The molecule has 0 atom stereocenters. The van der Waals surface area contributed by atoms with Crippen LogP contribution in [0, 0.1) is 12.7 Å². The van der Waals surface area contributed by atoms with Gasteiger partial charge in [-0.05, 0) is 60.7 Å². The zero-order valence-corrected chi connectivity index (χ0v) is 11.3. The number of aromatic amines is 1. The van der Waals surface area contributed by atoms with Gasteiger partial charge in [0.25, 0.3) is 0 Å². The van der Waals surface area contributed by atoms with E-state index >= 15 is 0 Å². The summed E-state index contributed by atoms with van der Waals surface area (Å²) in [6, 6.07) is 11.0. The molecule has 1 aromatic heterocycles. The molecule has 0 spiro atoms. The monoisotopic (exact) mass is 269 g/mol. The Morgan fingerprint density at radius 1 is 1.05 bits per heavy atom. The molecule has 0 bridgehead atoms. The maximum atomic E-state index is 13.5. The fourth-order valence-electron chi connectivity index (χ4n) is 2.43. The van der Waals surface area contributed by atoms with E-state index in [0.717, 1.165) is 34.9 Å². The second-order valence-electron chi connectivity index (χ2n) is 5.14. The van der Waals surface area contributed by atoms with Crippen LogP contribution in [0.1, 0.15) is 16.7 Å². The molecule has 0 aliphatic rings. The summed E-state index contributed by atoms with van der Waals surface area (Å²) in [6.07, 6.45) is 3.33. The second-order valence-corrected chi connectivity index (χ2v) is 5.14. The summed E-state index contributed by atoms with van der Waals surface area (Å²) in [4.78, 5) is 3.10. The van der Waals surface area contributed by atoms with Crippen molar-refractivity contribution in [3.8, 4) is 5.75 Å². The highest BCUT2D eigenvalue weighted by atomic mass is 19.1. The van der Waals surface area contributed by atoms with Crippen LogP contribution in [0.25, 0.3) is 10.9 Å². The van der Waals surface area contributed by atoms with E-state index in [0.29, 0.717) is 5.56 Å². The second kappa shape index (κ2) is 5.00. The lowest BCUT2D eigenvalue weighted by molar-refractivity contribution is 0.481. The molecule has 0 saturated heterocycles. The van der Waals surface area contributed by atoms with Gasteiger partial charge >= 0.3 is 0 Å². The highest BCUT2D eigenvalue weighted by Gasteiger charge is 2.05. The van der Waals surface area contributed by atoms with Crippen molar-refractivity contribution in [1.29, 1.82) is 0 Å². The number of fused-ring (bicyclic) bond motifs is 1. The first-order valence-corrected chi connectivity index (χ1v) is 6.67. The summed E-state index contributed by atoms with van der Waals surface area (Å²) in [6.45, 7) is 1.76. The van der Waals surface area contributed by atoms with Crippen molar-refractivity contribution in [3.05, 3.63) is 65.1 Å². The molecule has 3 heteroatoms. The Hall–Kier alpha value is -2.29. The van der Waals surface area contributed by atoms with Crippen LogP contribution in [0.3, 0.4) is 0 Å². The number of halogens is 1. The van der Waals surface area contributed by atoms with E-state index in [2.05, 4.69) is 4.98 Å². The van der Waals surface area contributed by atoms with Crippen LogP contribution in [-0.4, -0.2) is 10.1 Å². The third kappa shape index (κ3) is 2.39. The van der Waals surface area contributed by atoms with Crippen molar-refractivity contribution in [3.63, 3.8) is 0 Å². The molecule has 0 aliphatic heterocycles. The number of nitrogens with one attached hydrogen (secondary N) is 1. The van der Waals surface area contributed by atoms with E-state index in [1.54, 1.807) is 25.1 Å². The van der Waals surface area contributed by atoms with Gasteiger partial charge < -0.3 is 10.1 Å². The molecule has 0 saturated carbocycles. The third-order valence-electron chi connectivity index (χ3n) is 3.65. The molecule has 0 amide bonds. The van der Waals surface area contributed by atoms with Crippen LogP contribution in [0.15, 0.2) is 42.6 Å². The van der Waals surface area contributed by atoms with Crippen LogP contribution in [0.4, 0.5) is 4.39 Å². The molecule has 0 fully saturated rings. The van der Waals surface area contributed by atoms with Crippen LogP contribution in [-0.2, 0) is 12.8 Å². The number of aromatic hydroxyl groups is 1. The quantitative estimate of drug-likeness (QED) is 0.737. The molecule has 0 unspecified atom stereocenters. The van der Waals surface area contributed by atoms with E-state index in [9.17, 15) is 9.50 Å². The van der Waals surface area contributed by atoms with E-state index < -0.39 is 0 Å². The minimum atomic E-state index is -0.162. The summed E-state index contributed by atoms with van der Waals surface area (Å²) >= 11 is 0. The number of hydrogen-bond acceptors (Lipinski definition) is 1. The Kier molecular flexibility index (Phi) is 3.18. The first kappa shape index (κ1) is 12.7. The molecule has 3 rings (SSSR count). The number of hydrogen-bond donors (Lipinski definition) is 2. The molecule has 2 nitrogen and oxygen atoms in total. The fourth-order valence-corrected chi connectivity index (χ4v) is 2.43. The van der Waals surface area contributed by atoms with E-state index in [1.807, 2.05) is 24.4 Å². The van der Waals surface area contributed by atoms with Crippen LogP contribution in [0.2, 0.25) is 0 Å². The molecule has 2 aromatic carbocycles. The first-order valence-electron chi connectivity index (χ1n) is 6.67. The Bertz CT molecular complexity index is 761. The number of rotatable bonds is 3. The molecule has 1 heterocycles. The van der Waals surface area contributed by atoms with Crippen molar-refractivity contribution in [2.75, 3.05) is 0 Å². The van der Waals surface area contributed by atoms with Gasteiger partial charge in [0.15, 0.2) is 0 Å². The van der Waals surface area contributed by atoms with Crippen LogP contribution in [0.5, 0.6) is 5.75 Å². The Morgan fingerprint density at radius 2 is 1.85 bits per heavy atom. The van der Waals surface area contributed by atoms with Gasteiger partial charge in [0, 0.05) is 17.1 Å². The van der Waals surface area contributed by atoms with Gasteiger partial charge in [-0.2, -0.15) is 0 Å². The zero-order chi connectivity index (χ0) is 14.1. The Morgan fingerprint density at radius 3 is 2.65 bits per heavy atom. The lowest BCUT2D eigenvalue weighted by Gasteiger charge is -2.05. The van der Waals surface area contributed by atoms with Gasteiger partial charge in [-0.1, -0.05) is 12.1 Å². The average molecular weight is 269 g/mol. The largest absolute Gasteiger partial charge is 0.507 e. The van der Waals surface area contributed by atoms with E-state index in [1.165, 1.54) is 0 Å². The van der Waals surface area contributed by atoms with Gasteiger partial charge in [-0.25, -0.2) is 4.39 Å². The minimum absolute atomic E-state index is 0.162. The smallest absolute Gasteiger partial charge is 0.126 e. The predicted octanol–water partition coefficient (Wildman–Crippen LogP) is 4.11. The van der Waals surface area contributed by atoms with Crippen LogP contribution >= 0.6 is 0 Å². The molecule has 20 heavy (non-hydrogen) atoms. The normalized spacial score (nSPS) is 11.1. The number of H-pyrrole nitrogens is 1. The molecular weight excluding hydrogens is 253 g/mol. The molecule has 0 aliphatic carbocycles. The lowest BCUT2D eigenvalue weighted by Crippen LogP contribution is -1.93.